The van der Waals surface area contributed by atoms with E-state index < -0.39 is 0 Å². The van der Waals surface area contributed by atoms with Crippen molar-refractivity contribution >= 4 is 0 Å². The molecule has 0 N–H and O–H groups in total. The molecule has 0 rings (SSSR count). The van der Waals surface area contributed by atoms with Gasteiger partial charge in [-0.1, -0.05) is 82.1 Å². The van der Waals surface area contributed by atoms with E-state index in [9.17, 15) is 0 Å². The SMILES string of the molecule is CCCCOCC(CC(C)C)(CC(C)C)C(OCCCC)C(OCC)C(COCC)(CC(C)C)CC(C)C. The molecular weight excluding hydrogens is 472 g/mol. The Labute approximate surface area is 239 Å². The van der Waals surface area contributed by atoms with Gasteiger partial charge in [0.1, 0.15) is 0 Å². The lowest BCUT2D eigenvalue weighted by molar-refractivity contribution is -0.210. The van der Waals surface area contributed by atoms with E-state index in [0.717, 1.165) is 77.8 Å². The maximum atomic E-state index is 7.11. The van der Waals surface area contributed by atoms with Crippen LogP contribution in [0, 0.1) is 34.5 Å². The van der Waals surface area contributed by atoms with E-state index in [1.54, 1.807) is 0 Å². The van der Waals surface area contributed by atoms with Gasteiger partial charge in [0.25, 0.3) is 0 Å². The minimum Gasteiger partial charge on any atom is -0.381 e. The molecule has 0 fully saturated rings. The van der Waals surface area contributed by atoms with Crippen LogP contribution in [-0.2, 0) is 18.9 Å². The zero-order valence-electron chi connectivity index (χ0n) is 28.0. The summed E-state index contributed by atoms with van der Waals surface area (Å²) in [7, 11) is 0. The van der Waals surface area contributed by atoms with Crippen LogP contribution >= 0.6 is 0 Å². The molecule has 0 aliphatic carbocycles. The van der Waals surface area contributed by atoms with Crippen LogP contribution in [0.4, 0.5) is 0 Å². The van der Waals surface area contributed by atoms with Gasteiger partial charge in [-0.05, 0) is 76.0 Å². The average Bonchev–Trinajstić information content (AvgIpc) is 2.80. The Bertz CT molecular complexity index is 523. The molecular formula is C34H70O4. The molecule has 0 amide bonds. The van der Waals surface area contributed by atoms with Crippen LogP contribution in [0.2, 0.25) is 0 Å². The minimum atomic E-state index is -0.117. The van der Waals surface area contributed by atoms with Crippen molar-refractivity contribution in [1.29, 1.82) is 0 Å². The lowest BCUT2D eigenvalue weighted by atomic mass is 9.61. The Morgan fingerprint density at radius 3 is 1.24 bits per heavy atom. The van der Waals surface area contributed by atoms with Crippen molar-refractivity contribution in [1.82, 2.24) is 0 Å². The molecule has 0 aromatic carbocycles. The van der Waals surface area contributed by atoms with Crippen molar-refractivity contribution in [3.8, 4) is 0 Å². The zero-order valence-corrected chi connectivity index (χ0v) is 28.0. The highest BCUT2D eigenvalue weighted by molar-refractivity contribution is 5.02. The van der Waals surface area contributed by atoms with Gasteiger partial charge in [-0.3, -0.25) is 0 Å². The van der Waals surface area contributed by atoms with E-state index in [2.05, 4.69) is 83.1 Å². The number of hydrogen-bond acceptors (Lipinski definition) is 4. The highest BCUT2D eigenvalue weighted by atomic mass is 16.5. The van der Waals surface area contributed by atoms with E-state index in [0.29, 0.717) is 36.9 Å². The highest BCUT2D eigenvalue weighted by Crippen LogP contribution is 2.49. The topological polar surface area (TPSA) is 36.9 Å². The summed E-state index contributed by atoms with van der Waals surface area (Å²) in [5, 5.41) is 0. The number of unbranched alkanes of at least 4 members (excludes halogenated alkanes) is 2. The molecule has 4 nitrogen and oxygen atoms in total. The quantitative estimate of drug-likeness (QED) is 0.108. The van der Waals surface area contributed by atoms with Gasteiger partial charge in [-0.25, -0.2) is 0 Å². The van der Waals surface area contributed by atoms with Crippen molar-refractivity contribution < 1.29 is 18.9 Å². The van der Waals surface area contributed by atoms with Crippen LogP contribution in [-0.4, -0.2) is 51.8 Å². The van der Waals surface area contributed by atoms with E-state index in [1.807, 2.05) is 0 Å². The Balaban J connectivity index is 7.13. The monoisotopic (exact) mass is 543 g/mol. The number of ether oxygens (including phenoxy) is 4. The number of rotatable bonds is 25. The van der Waals surface area contributed by atoms with Crippen molar-refractivity contribution in [3.05, 3.63) is 0 Å². The maximum absolute atomic E-state index is 7.11. The highest BCUT2D eigenvalue weighted by Gasteiger charge is 2.53. The molecule has 0 aromatic heterocycles. The van der Waals surface area contributed by atoms with Crippen molar-refractivity contribution in [3.63, 3.8) is 0 Å². The third-order valence-corrected chi connectivity index (χ3v) is 7.51. The second-order valence-electron chi connectivity index (χ2n) is 13.7. The molecule has 0 heterocycles. The zero-order chi connectivity index (χ0) is 29.2. The van der Waals surface area contributed by atoms with Gasteiger partial charge in [0.2, 0.25) is 0 Å². The molecule has 4 heteroatoms. The molecule has 230 valence electrons. The second kappa shape index (κ2) is 20.7. The fraction of sp³-hybridized carbons (Fsp3) is 1.00. The van der Waals surface area contributed by atoms with Gasteiger partial charge in [0.15, 0.2) is 0 Å². The summed E-state index contributed by atoms with van der Waals surface area (Å²) in [6.07, 6.45) is 8.65. The Kier molecular flexibility index (Phi) is 20.6. The predicted octanol–water partition coefficient (Wildman–Crippen LogP) is 9.59. The van der Waals surface area contributed by atoms with Gasteiger partial charge >= 0.3 is 0 Å². The van der Waals surface area contributed by atoms with Crippen LogP contribution in [0.1, 0.15) is 134 Å². The summed E-state index contributed by atoms with van der Waals surface area (Å²) >= 11 is 0. The van der Waals surface area contributed by atoms with Gasteiger partial charge in [0.05, 0.1) is 25.4 Å². The summed E-state index contributed by atoms with van der Waals surface area (Å²) in [5.41, 5.74) is -0.233. The smallest absolute Gasteiger partial charge is 0.0921 e. The van der Waals surface area contributed by atoms with Gasteiger partial charge in [-0.15, -0.1) is 0 Å². The van der Waals surface area contributed by atoms with E-state index >= 15 is 0 Å². The van der Waals surface area contributed by atoms with E-state index in [-0.39, 0.29) is 23.0 Å². The summed E-state index contributed by atoms with van der Waals surface area (Å²) in [6.45, 7) is 32.0. The van der Waals surface area contributed by atoms with Crippen molar-refractivity contribution in [2.75, 3.05) is 39.6 Å². The van der Waals surface area contributed by atoms with Gasteiger partial charge in [0, 0.05) is 37.3 Å². The maximum Gasteiger partial charge on any atom is 0.0921 e. The summed E-state index contributed by atoms with van der Waals surface area (Å²) in [6, 6.07) is 0. The second-order valence-corrected chi connectivity index (χ2v) is 13.7. The number of hydrogen-bond donors (Lipinski definition) is 0. The summed E-state index contributed by atoms with van der Waals surface area (Å²) < 4.78 is 26.9. The summed E-state index contributed by atoms with van der Waals surface area (Å²) in [5.74, 6) is 2.16. The van der Waals surface area contributed by atoms with Crippen molar-refractivity contribution in [2.45, 2.75) is 147 Å². The molecule has 0 aliphatic rings. The Morgan fingerprint density at radius 1 is 0.474 bits per heavy atom. The van der Waals surface area contributed by atoms with Crippen LogP contribution in [0.5, 0.6) is 0 Å². The largest absolute Gasteiger partial charge is 0.381 e. The van der Waals surface area contributed by atoms with Gasteiger partial charge < -0.3 is 18.9 Å². The standard InChI is InChI=1S/C34H70O4/c1-13-17-19-36-26-34(23-29(9)10,24-30(11)12)32(38-20-18-14-2)31(37-16-4)33(21-27(5)6,22-28(7)8)25-35-15-3/h27-32H,13-26H2,1-12H3. The normalized spacial score (nSPS) is 14.8. The molecule has 0 spiro atoms. The van der Waals surface area contributed by atoms with E-state index in [1.165, 1.54) is 0 Å². The Morgan fingerprint density at radius 2 is 0.868 bits per heavy atom. The van der Waals surface area contributed by atoms with Crippen LogP contribution in [0.15, 0.2) is 0 Å². The van der Waals surface area contributed by atoms with Crippen LogP contribution in [0.25, 0.3) is 0 Å². The van der Waals surface area contributed by atoms with Crippen molar-refractivity contribution in [2.24, 2.45) is 34.5 Å². The average molecular weight is 543 g/mol. The first-order valence-corrected chi connectivity index (χ1v) is 16.3. The van der Waals surface area contributed by atoms with Crippen LogP contribution < -0.4 is 0 Å². The lowest BCUT2D eigenvalue weighted by Crippen LogP contribution is -2.58. The molecule has 0 saturated carbocycles. The Hall–Kier alpha value is -0.160. The summed E-state index contributed by atoms with van der Waals surface area (Å²) in [4.78, 5) is 0. The third kappa shape index (κ3) is 14.0. The molecule has 0 bridgehead atoms. The third-order valence-electron chi connectivity index (χ3n) is 7.51. The molecule has 0 aliphatic heterocycles. The molecule has 38 heavy (non-hydrogen) atoms. The molecule has 0 aromatic rings. The molecule has 2 unspecified atom stereocenters. The first-order valence-electron chi connectivity index (χ1n) is 16.3. The first kappa shape index (κ1) is 37.8. The molecule has 2 atom stereocenters. The fourth-order valence-corrected chi connectivity index (χ4v) is 6.82. The van der Waals surface area contributed by atoms with Crippen LogP contribution in [0.3, 0.4) is 0 Å². The molecule has 0 radical (unpaired) electrons. The van der Waals surface area contributed by atoms with Gasteiger partial charge in [-0.2, -0.15) is 0 Å². The molecule has 0 saturated heterocycles. The minimum absolute atomic E-state index is 0.0432. The van der Waals surface area contributed by atoms with E-state index in [4.69, 9.17) is 18.9 Å². The lowest BCUT2D eigenvalue weighted by Gasteiger charge is -2.52. The fourth-order valence-electron chi connectivity index (χ4n) is 6.82. The first-order chi connectivity index (χ1) is 17.9. The predicted molar refractivity (Wildman–Crippen MR) is 165 cm³/mol.